The molecule has 34 heavy (non-hydrogen) atoms. The third-order valence-electron chi connectivity index (χ3n) is 6.83. The lowest BCUT2D eigenvalue weighted by Crippen LogP contribution is -2.51. The highest BCUT2D eigenvalue weighted by atomic mass is 16.5. The van der Waals surface area contributed by atoms with Crippen molar-refractivity contribution in [3.05, 3.63) is 46.6 Å². The lowest BCUT2D eigenvalue weighted by Gasteiger charge is -2.35. The van der Waals surface area contributed by atoms with Gasteiger partial charge in [-0.05, 0) is 37.8 Å². The normalized spacial score (nSPS) is 23.7. The zero-order chi connectivity index (χ0) is 23.8. The molecule has 2 saturated carbocycles. The fourth-order valence-electron chi connectivity index (χ4n) is 4.52. The van der Waals surface area contributed by atoms with E-state index >= 15 is 0 Å². The van der Waals surface area contributed by atoms with Gasteiger partial charge in [0.1, 0.15) is 5.69 Å². The van der Waals surface area contributed by atoms with E-state index in [1.165, 1.54) is 10.7 Å². The van der Waals surface area contributed by atoms with Crippen molar-refractivity contribution in [1.29, 1.82) is 0 Å². The molecule has 11 nitrogen and oxygen atoms in total. The highest BCUT2D eigenvalue weighted by Crippen LogP contribution is 2.33. The molecule has 180 valence electrons. The first-order valence-electron chi connectivity index (χ1n) is 11.4. The van der Waals surface area contributed by atoms with E-state index in [0.29, 0.717) is 28.5 Å². The second-order valence-electron chi connectivity index (χ2n) is 8.75. The Hall–Kier alpha value is -3.44. The Bertz CT molecular complexity index is 1260. The molecule has 2 aliphatic rings. The Kier molecular flexibility index (Phi) is 5.96. The topological polar surface area (TPSA) is 124 Å². The van der Waals surface area contributed by atoms with Crippen LogP contribution in [0.15, 0.2) is 35.4 Å². The van der Waals surface area contributed by atoms with Crippen LogP contribution in [0, 0.1) is 0 Å². The minimum atomic E-state index is -0.272. The molecule has 3 aromatic rings. The summed E-state index contributed by atoms with van der Waals surface area (Å²) in [5.74, 6) is 0.145. The molecule has 3 heterocycles. The SMILES string of the molecule is CNc1cc(Nc2cccn(C3CC(OC)C3)c2=O)nn2c(C(=O)NC3CC[C@@H]3OC)cnc12. The van der Waals surface area contributed by atoms with Crippen LogP contribution in [0.3, 0.4) is 0 Å². The van der Waals surface area contributed by atoms with Crippen molar-refractivity contribution in [3.8, 4) is 0 Å². The molecule has 3 N–H and O–H groups in total. The molecule has 0 saturated heterocycles. The van der Waals surface area contributed by atoms with Crippen LogP contribution in [0.4, 0.5) is 17.2 Å². The van der Waals surface area contributed by atoms with Crippen LogP contribution in [0.5, 0.6) is 0 Å². The number of nitrogens with one attached hydrogen (secondary N) is 3. The van der Waals surface area contributed by atoms with Gasteiger partial charge in [0, 0.05) is 39.6 Å². The van der Waals surface area contributed by atoms with E-state index in [1.54, 1.807) is 44.2 Å². The fourth-order valence-corrected chi connectivity index (χ4v) is 4.52. The summed E-state index contributed by atoms with van der Waals surface area (Å²) < 4.78 is 13.9. The maximum Gasteiger partial charge on any atom is 0.274 e. The smallest absolute Gasteiger partial charge is 0.274 e. The second kappa shape index (κ2) is 9.07. The maximum absolute atomic E-state index is 13.1. The summed E-state index contributed by atoms with van der Waals surface area (Å²) in [6.45, 7) is 0. The summed E-state index contributed by atoms with van der Waals surface area (Å²) in [6, 6.07) is 5.41. The lowest BCUT2D eigenvalue weighted by molar-refractivity contribution is 0.00522. The molecule has 1 amide bonds. The van der Waals surface area contributed by atoms with Crippen molar-refractivity contribution in [3.63, 3.8) is 0 Å². The number of ether oxygens (including phenoxy) is 2. The van der Waals surface area contributed by atoms with Gasteiger partial charge in [-0.2, -0.15) is 0 Å². The number of hydrogen-bond acceptors (Lipinski definition) is 8. The minimum absolute atomic E-state index is 0.0243. The number of imidazole rings is 1. The van der Waals surface area contributed by atoms with Gasteiger partial charge in [-0.1, -0.05) is 0 Å². The molecular weight excluding hydrogens is 438 g/mol. The highest BCUT2D eigenvalue weighted by Gasteiger charge is 2.33. The quantitative estimate of drug-likeness (QED) is 0.459. The Labute approximate surface area is 196 Å². The van der Waals surface area contributed by atoms with E-state index in [2.05, 4.69) is 26.0 Å². The van der Waals surface area contributed by atoms with Crippen molar-refractivity contribution in [2.75, 3.05) is 31.9 Å². The summed E-state index contributed by atoms with van der Waals surface area (Å²) in [5.41, 5.74) is 1.77. The average molecular weight is 468 g/mol. The van der Waals surface area contributed by atoms with Gasteiger partial charge in [0.05, 0.1) is 30.1 Å². The Morgan fingerprint density at radius 3 is 2.68 bits per heavy atom. The number of pyridine rings is 1. The lowest BCUT2D eigenvalue weighted by atomic mass is 9.89. The van der Waals surface area contributed by atoms with E-state index in [1.807, 2.05) is 6.07 Å². The monoisotopic (exact) mass is 467 g/mol. The van der Waals surface area contributed by atoms with Crippen LogP contribution in [0.2, 0.25) is 0 Å². The van der Waals surface area contributed by atoms with Crippen LogP contribution in [0.25, 0.3) is 5.65 Å². The first kappa shape index (κ1) is 22.4. The molecule has 2 fully saturated rings. The average Bonchev–Trinajstić information content (AvgIpc) is 3.22. The van der Waals surface area contributed by atoms with Crippen molar-refractivity contribution < 1.29 is 14.3 Å². The van der Waals surface area contributed by atoms with Gasteiger partial charge in [-0.3, -0.25) is 9.59 Å². The van der Waals surface area contributed by atoms with Gasteiger partial charge in [0.15, 0.2) is 17.2 Å². The molecule has 0 spiro atoms. The van der Waals surface area contributed by atoms with Crippen molar-refractivity contribution in [1.82, 2.24) is 24.5 Å². The number of carbonyl (C=O) groups is 1. The summed E-state index contributed by atoms with van der Waals surface area (Å²) in [5, 5.41) is 13.8. The third-order valence-corrected chi connectivity index (χ3v) is 6.83. The number of hydrogen-bond donors (Lipinski definition) is 3. The summed E-state index contributed by atoms with van der Waals surface area (Å²) in [4.78, 5) is 30.4. The molecule has 2 aliphatic carbocycles. The molecule has 5 rings (SSSR count). The van der Waals surface area contributed by atoms with Gasteiger partial charge < -0.3 is 30.0 Å². The van der Waals surface area contributed by atoms with Crippen LogP contribution >= 0.6 is 0 Å². The van der Waals surface area contributed by atoms with Gasteiger partial charge in [0.2, 0.25) is 0 Å². The number of anilines is 3. The molecule has 0 aliphatic heterocycles. The number of nitrogens with zero attached hydrogens (tertiary/aromatic N) is 4. The van der Waals surface area contributed by atoms with Crippen molar-refractivity contribution in [2.24, 2.45) is 0 Å². The molecule has 11 heteroatoms. The Morgan fingerprint density at radius 1 is 1.18 bits per heavy atom. The number of fused-ring (bicyclic) bond motifs is 1. The number of amides is 1. The van der Waals surface area contributed by atoms with Gasteiger partial charge in [-0.25, -0.2) is 9.50 Å². The molecule has 3 aromatic heterocycles. The fraction of sp³-hybridized carbons (Fsp3) is 0.478. The minimum Gasteiger partial charge on any atom is -0.385 e. The predicted molar refractivity (Wildman–Crippen MR) is 127 cm³/mol. The Morgan fingerprint density at radius 2 is 2.00 bits per heavy atom. The summed E-state index contributed by atoms with van der Waals surface area (Å²) in [6.07, 6.45) is 6.94. The van der Waals surface area contributed by atoms with Gasteiger partial charge in [-0.15, -0.1) is 5.10 Å². The van der Waals surface area contributed by atoms with Crippen molar-refractivity contribution in [2.45, 2.75) is 50.0 Å². The predicted octanol–water partition coefficient (Wildman–Crippen LogP) is 1.93. The molecule has 1 unspecified atom stereocenters. The van der Waals surface area contributed by atoms with E-state index in [9.17, 15) is 9.59 Å². The van der Waals surface area contributed by atoms with E-state index in [4.69, 9.17) is 9.47 Å². The van der Waals surface area contributed by atoms with Crippen LogP contribution < -0.4 is 21.5 Å². The van der Waals surface area contributed by atoms with E-state index < -0.39 is 0 Å². The maximum atomic E-state index is 13.1. The third kappa shape index (κ3) is 3.90. The van der Waals surface area contributed by atoms with Crippen molar-refractivity contribution >= 4 is 28.7 Å². The molecule has 2 atom stereocenters. The molecule has 0 radical (unpaired) electrons. The highest BCUT2D eigenvalue weighted by molar-refractivity contribution is 5.94. The number of aromatic nitrogens is 4. The van der Waals surface area contributed by atoms with Gasteiger partial charge >= 0.3 is 0 Å². The van der Waals surface area contributed by atoms with Crippen LogP contribution in [-0.4, -0.2) is 64.6 Å². The second-order valence-corrected chi connectivity index (χ2v) is 8.75. The Balaban J connectivity index is 1.43. The van der Waals surface area contributed by atoms with Gasteiger partial charge in [0.25, 0.3) is 11.5 Å². The zero-order valence-electron chi connectivity index (χ0n) is 19.4. The number of carbonyl (C=O) groups excluding carboxylic acids is 1. The summed E-state index contributed by atoms with van der Waals surface area (Å²) in [7, 11) is 5.10. The van der Waals surface area contributed by atoms with E-state index in [-0.39, 0.29) is 35.8 Å². The first-order valence-corrected chi connectivity index (χ1v) is 11.4. The van der Waals surface area contributed by atoms with Crippen LogP contribution in [-0.2, 0) is 9.47 Å². The van der Waals surface area contributed by atoms with E-state index in [0.717, 1.165) is 25.7 Å². The first-order chi connectivity index (χ1) is 16.5. The number of methoxy groups -OCH3 is 2. The van der Waals surface area contributed by atoms with Crippen LogP contribution in [0.1, 0.15) is 42.2 Å². The zero-order valence-corrected chi connectivity index (χ0v) is 19.4. The summed E-state index contributed by atoms with van der Waals surface area (Å²) >= 11 is 0. The largest absolute Gasteiger partial charge is 0.385 e. The molecule has 0 bridgehead atoms. The molecule has 0 aromatic carbocycles. The number of rotatable bonds is 8. The molecular formula is C23H29N7O4. The standard InChI is InChI=1S/C23H29N7O4/c1-24-17-11-20(26-16-5-4-8-29(23(16)32)13-9-14(10-13)33-2)28-30-18(12-25-21(17)30)22(31)27-15-6-7-19(15)34-3/h4-5,8,11-15,19,24H,6-7,9-10H2,1-3H3,(H,26,28)(H,27,31)/t13?,14?,15?,19-/m0/s1.